The molecule has 0 radical (unpaired) electrons. The second-order valence-corrected chi connectivity index (χ2v) is 0.995. The molecule has 0 spiro atoms. The van der Waals surface area contributed by atoms with Crippen molar-refractivity contribution in [1.29, 1.82) is 0 Å². The van der Waals surface area contributed by atoms with Crippen LogP contribution in [0.1, 0.15) is 6.92 Å². The molecule has 0 aromatic carbocycles. The topological polar surface area (TPSA) is 60.4 Å². The van der Waals surface area contributed by atoms with E-state index < -0.39 is 12.1 Å². The van der Waals surface area contributed by atoms with Crippen LogP contribution in [0.2, 0.25) is 0 Å². The SMILES string of the molecule is CC(O)C(=O)[O-].[K+].[Zn+2]. The average molecular weight is 194 g/mol. The van der Waals surface area contributed by atoms with Crippen molar-refractivity contribution >= 4 is 5.97 Å². The van der Waals surface area contributed by atoms with Crippen molar-refractivity contribution in [3.63, 3.8) is 0 Å². The molecule has 36 valence electrons. The van der Waals surface area contributed by atoms with Crippen LogP contribution in [-0.4, -0.2) is 17.2 Å². The molecule has 3 nitrogen and oxygen atoms in total. The molecule has 0 bridgehead atoms. The summed E-state index contributed by atoms with van der Waals surface area (Å²) >= 11 is 0. The van der Waals surface area contributed by atoms with Gasteiger partial charge in [-0.15, -0.1) is 0 Å². The summed E-state index contributed by atoms with van der Waals surface area (Å²) in [7, 11) is 0. The molecule has 0 aliphatic carbocycles. The zero-order chi connectivity index (χ0) is 5.15. The fourth-order valence-corrected chi connectivity index (χ4v) is 0. The predicted octanol–water partition coefficient (Wildman–Crippen LogP) is -4.88. The molecule has 1 N–H and O–H groups in total. The van der Waals surface area contributed by atoms with Crippen LogP contribution < -0.4 is 56.5 Å². The molecule has 0 heterocycles. The second kappa shape index (κ2) is 8.69. The van der Waals surface area contributed by atoms with E-state index >= 15 is 0 Å². The Kier molecular flexibility index (Phi) is 17.8. The van der Waals surface area contributed by atoms with Crippen LogP contribution in [0.3, 0.4) is 0 Å². The molecule has 0 aliphatic heterocycles. The Morgan fingerprint density at radius 1 is 1.75 bits per heavy atom. The third-order valence-electron chi connectivity index (χ3n) is 0.341. The summed E-state index contributed by atoms with van der Waals surface area (Å²) in [6.45, 7) is 1.13. The van der Waals surface area contributed by atoms with E-state index in [9.17, 15) is 9.90 Å². The number of aliphatic carboxylic acids is 1. The monoisotopic (exact) mass is 192 g/mol. The van der Waals surface area contributed by atoms with E-state index in [0.29, 0.717) is 0 Å². The van der Waals surface area contributed by atoms with Crippen LogP contribution in [0.25, 0.3) is 0 Å². The average Bonchev–Trinajstić information content (AvgIpc) is 1.36. The van der Waals surface area contributed by atoms with Crippen molar-refractivity contribution < 1.29 is 85.9 Å². The third kappa shape index (κ3) is 10.6. The van der Waals surface area contributed by atoms with Crippen LogP contribution in [0.5, 0.6) is 0 Å². The van der Waals surface area contributed by atoms with E-state index in [4.69, 9.17) is 5.11 Å². The molecular formula is C3H5KO3Zn+2. The summed E-state index contributed by atoms with van der Waals surface area (Å²) in [6.07, 6.45) is -1.34. The number of carbonyl (C=O) groups is 1. The molecule has 0 saturated carbocycles. The van der Waals surface area contributed by atoms with E-state index in [0.717, 1.165) is 6.92 Å². The molecule has 0 amide bonds. The van der Waals surface area contributed by atoms with Crippen molar-refractivity contribution in [3.05, 3.63) is 0 Å². The number of carboxylic acid groups (broad SMARTS) is 1. The number of hydrogen-bond acceptors (Lipinski definition) is 3. The molecular weight excluding hydrogens is 189 g/mol. The summed E-state index contributed by atoms with van der Waals surface area (Å²) in [5.41, 5.74) is 0. The number of carbonyl (C=O) groups excluding carboxylic acids is 1. The Labute approximate surface area is 103 Å². The van der Waals surface area contributed by atoms with Gasteiger partial charge in [-0.3, -0.25) is 0 Å². The number of rotatable bonds is 1. The van der Waals surface area contributed by atoms with Crippen molar-refractivity contribution in [2.45, 2.75) is 13.0 Å². The van der Waals surface area contributed by atoms with Crippen molar-refractivity contribution in [1.82, 2.24) is 0 Å². The smallest absolute Gasteiger partial charge is 0.547 e. The minimum absolute atomic E-state index is 0. The molecule has 0 fully saturated rings. The van der Waals surface area contributed by atoms with Gasteiger partial charge >= 0.3 is 70.9 Å². The van der Waals surface area contributed by atoms with Crippen molar-refractivity contribution in [2.24, 2.45) is 0 Å². The number of aliphatic hydroxyl groups excluding tert-OH is 1. The van der Waals surface area contributed by atoms with E-state index in [1.807, 2.05) is 0 Å². The van der Waals surface area contributed by atoms with Crippen LogP contribution in [0, 0.1) is 0 Å². The fraction of sp³-hybridized carbons (Fsp3) is 0.667. The predicted molar refractivity (Wildman–Crippen MR) is 16.7 cm³/mol. The standard InChI is InChI=1S/C3H6O3.K.Zn/c1-2(4)3(5)6;;/h2,4H,1H3,(H,5,6);;/q;+1;+2/p-1. The summed E-state index contributed by atoms with van der Waals surface area (Å²) in [5.74, 6) is -1.44. The zero-order valence-electron chi connectivity index (χ0n) is 5.05. The van der Waals surface area contributed by atoms with Gasteiger partial charge in [0.25, 0.3) is 0 Å². The van der Waals surface area contributed by atoms with Gasteiger partial charge in [0.15, 0.2) is 0 Å². The third-order valence-corrected chi connectivity index (χ3v) is 0.341. The maximum Gasteiger partial charge on any atom is 2.00 e. The van der Waals surface area contributed by atoms with Gasteiger partial charge in [0.1, 0.15) is 0 Å². The van der Waals surface area contributed by atoms with Gasteiger partial charge in [-0.25, -0.2) is 0 Å². The first-order valence-corrected chi connectivity index (χ1v) is 1.53. The molecule has 0 aromatic rings. The molecule has 1 unspecified atom stereocenters. The van der Waals surface area contributed by atoms with E-state index in [2.05, 4.69) is 0 Å². The zero-order valence-corrected chi connectivity index (χ0v) is 11.1. The first kappa shape index (κ1) is 16.3. The fourth-order valence-electron chi connectivity index (χ4n) is 0. The number of hydrogen-bond donors (Lipinski definition) is 1. The molecule has 8 heavy (non-hydrogen) atoms. The van der Waals surface area contributed by atoms with Crippen molar-refractivity contribution in [3.8, 4) is 0 Å². The molecule has 0 saturated heterocycles. The molecule has 5 heteroatoms. The van der Waals surface area contributed by atoms with Gasteiger partial charge in [0, 0.05) is 0 Å². The Morgan fingerprint density at radius 3 is 1.88 bits per heavy atom. The van der Waals surface area contributed by atoms with Crippen LogP contribution in [0.15, 0.2) is 0 Å². The first-order valence-electron chi connectivity index (χ1n) is 1.53. The Balaban J connectivity index is -0.000000125. The van der Waals surface area contributed by atoms with Gasteiger partial charge < -0.3 is 15.0 Å². The van der Waals surface area contributed by atoms with Gasteiger partial charge in [-0.05, 0) is 6.92 Å². The minimum Gasteiger partial charge on any atom is -0.547 e. The summed E-state index contributed by atoms with van der Waals surface area (Å²) in [6, 6.07) is 0. The number of carboxylic acids is 1. The normalized spacial score (nSPS) is 10.2. The van der Waals surface area contributed by atoms with Crippen LogP contribution in [-0.2, 0) is 24.3 Å². The molecule has 0 rings (SSSR count). The molecule has 0 aliphatic rings. The first-order chi connectivity index (χ1) is 2.64. The van der Waals surface area contributed by atoms with Gasteiger partial charge in [0.2, 0.25) is 0 Å². The Hall–Kier alpha value is 1.69. The van der Waals surface area contributed by atoms with Crippen LogP contribution in [0.4, 0.5) is 0 Å². The Morgan fingerprint density at radius 2 is 1.88 bits per heavy atom. The number of aliphatic hydroxyl groups is 1. The van der Waals surface area contributed by atoms with Gasteiger partial charge in [-0.1, -0.05) is 0 Å². The summed E-state index contributed by atoms with van der Waals surface area (Å²) in [4.78, 5) is 9.34. The minimum atomic E-state index is -1.44. The van der Waals surface area contributed by atoms with Gasteiger partial charge in [0.05, 0.1) is 12.1 Å². The second-order valence-electron chi connectivity index (χ2n) is 0.995. The van der Waals surface area contributed by atoms with Crippen LogP contribution >= 0.6 is 0 Å². The van der Waals surface area contributed by atoms with E-state index in [1.54, 1.807) is 0 Å². The quantitative estimate of drug-likeness (QED) is 0.425. The molecule has 1 atom stereocenters. The Bertz CT molecular complexity index is 65.5. The van der Waals surface area contributed by atoms with Gasteiger partial charge in [-0.2, -0.15) is 0 Å². The van der Waals surface area contributed by atoms with E-state index in [-0.39, 0.29) is 70.9 Å². The van der Waals surface area contributed by atoms with Crippen molar-refractivity contribution in [2.75, 3.05) is 0 Å². The maximum absolute atomic E-state index is 9.34. The summed E-state index contributed by atoms with van der Waals surface area (Å²) in [5, 5.41) is 17.3. The maximum atomic E-state index is 9.34. The largest absolute Gasteiger partial charge is 2.00 e. The summed E-state index contributed by atoms with van der Waals surface area (Å²) < 4.78 is 0. The van der Waals surface area contributed by atoms with E-state index in [1.165, 1.54) is 0 Å². The molecule has 0 aromatic heterocycles.